The predicted molar refractivity (Wildman–Crippen MR) is 72.5 cm³/mol. The van der Waals surface area contributed by atoms with E-state index in [2.05, 4.69) is 10.6 Å². The summed E-state index contributed by atoms with van der Waals surface area (Å²) in [6, 6.07) is 6.32. The van der Waals surface area contributed by atoms with Crippen molar-refractivity contribution in [3.8, 4) is 0 Å². The average Bonchev–Trinajstić information content (AvgIpc) is 2.86. The molecule has 1 amide bonds. The van der Waals surface area contributed by atoms with Gasteiger partial charge in [-0.2, -0.15) is 0 Å². The lowest BCUT2D eigenvalue weighted by Gasteiger charge is -2.11. The SMILES string of the molecule is O=C(O)c1cccc(CCNC(=O)C2CC(O)CN2)c1. The van der Waals surface area contributed by atoms with Gasteiger partial charge >= 0.3 is 5.97 Å². The fourth-order valence-corrected chi connectivity index (χ4v) is 2.23. The van der Waals surface area contributed by atoms with Gasteiger partial charge in [0.1, 0.15) is 0 Å². The Hall–Kier alpha value is -1.92. The van der Waals surface area contributed by atoms with Crippen molar-refractivity contribution in [1.82, 2.24) is 10.6 Å². The molecule has 1 aromatic carbocycles. The van der Waals surface area contributed by atoms with Crippen molar-refractivity contribution in [2.24, 2.45) is 0 Å². The second kappa shape index (κ2) is 6.49. The van der Waals surface area contributed by atoms with Gasteiger partial charge in [0, 0.05) is 13.1 Å². The van der Waals surface area contributed by atoms with Gasteiger partial charge in [-0.15, -0.1) is 0 Å². The van der Waals surface area contributed by atoms with Crippen molar-refractivity contribution in [3.05, 3.63) is 35.4 Å². The molecular weight excluding hydrogens is 260 g/mol. The Morgan fingerprint density at radius 2 is 2.20 bits per heavy atom. The topological polar surface area (TPSA) is 98.7 Å². The lowest BCUT2D eigenvalue weighted by molar-refractivity contribution is -0.122. The highest BCUT2D eigenvalue weighted by Crippen LogP contribution is 2.07. The highest BCUT2D eigenvalue weighted by Gasteiger charge is 2.27. The van der Waals surface area contributed by atoms with Gasteiger partial charge in [0.15, 0.2) is 0 Å². The van der Waals surface area contributed by atoms with E-state index >= 15 is 0 Å². The molecule has 1 heterocycles. The van der Waals surface area contributed by atoms with Crippen LogP contribution in [0.4, 0.5) is 0 Å². The molecular formula is C14H18N2O4. The Balaban J connectivity index is 1.79. The summed E-state index contributed by atoms with van der Waals surface area (Å²) in [6.45, 7) is 0.884. The molecule has 0 saturated carbocycles. The highest BCUT2D eigenvalue weighted by atomic mass is 16.4. The number of carbonyl (C=O) groups excluding carboxylic acids is 1. The van der Waals surface area contributed by atoms with E-state index in [9.17, 15) is 14.7 Å². The molecule has 2 unspecified atom stereocenters. The van der Waals surface area contributed by atoms with Crippen LogP contribution in [0.1, 0.15) is 22.3 Å². The molecule has 1 saturated heterocycles. The third-order valence-electron chi connectivity index (χ3n) is 3.31. The second-order valence-corrected chi connectivity index (χ2v) is 4.90. The number of hydrogen-bond donors (Lipinski definition) is 4. The number of carboxylic acid groups (broad SMARTS) is 1. The molecule has 108 valence electrons. The Morgan fingerprint density at radius 3 is 2.85 bits per heavy atom. The number of rotatable bonds is 5. The fraction of sp³-hybridized carbons (Fsp3) is 0.429. The van der Waals surface area contributed by atoms with Crippen molar-refractivity contribution in [2.45, 2.75) is 25.0 Å². The van der Waals surface area contributed by atoms with Gasteiger partial charge in [0.2, 0.25) is 5.91 Å². The number of nitrogens with one attached hydrogen (secondary N) is 2. The van der Waals surface area contributed by atoms with Crippen LogP contribution in [-0.4, -0.2) is 47.3 Å². The first-order chi connectivity index (χ1) is 9.56. The quantitative estimate of drug-likeness (QED) is 0.596. The third kappa shape index (κ3) is 3.79. The third-order valence-corrected chi connectivity index (χ3v) is 3.31. The van der Waals surface area contributed by atoms with E-state index in [0.717, 1.165) is 5.56 Å². The summed E-state index contributed by atoms with van der Waals surface area (Å²) in [6.07, 6.45) is 0.542. The van der Waals surface area contributed by atoms with E-state index in [1.807, 2.05) is 6.07 Å². The Kier molecular flexibility index (Phi) is 4.70. The molecule has 2 atom stereocenters. The number of aromatic carboxylic acids is 1. The number of benzene rings is 1. The molecule has 1 aromatic rings. The summed E-state index contributed by atoms with van der Waals surface area (Å²) >= 11 is 0. The summed E-state index contributed by atoms with van der Waals surface area (Å²) in [5.74, 6) is -1.09. The van der Waals surface area contributed by atoms with Crippen LogP contribution in [0, 0.1) is 0 Å². The van der Waals surface area contributed by atoms with Crippen molar-refractivity contribution in [1.29, 1.82) is 0 Å². The lowest BCUT2D eigenvalue weighted by Crippen LogP contribution is -2.41. The first-order valence-electron chi connectivity index (χ1n) is 6.57. The standard InChI is InChI=1S/C14H18N2O4/c17-11-7-12(16-8-11)13(18)15-5-4-9-2-1-3-10(6-9)14(19)20/h1-3,6,11-12,16-17H,4-5,7-8H2,(H,15,18)(H,19,20). The largest absolute Gasteiger partial charge is 0.478 e. The van der Waals surface area contributed by atoms with Crippen molar-refractivity contribution in [2.75, 3.05) is 13.1 Å². The van der Waals surface area contributed by atoms with Crippen LogP contribution in [0.25, 0.3) is 0 Å². The minimum atomic E-state index is -0.958. The highest BCUT2D eigenvalue weighted by molar-refractivity contribution is 5.87. The van der Waals surface area contributed by atoms with Gasteiger partial charge < -0.3 is 20.8 Å². The van der Waals surface area contributed by atoms with E-state index in [-0.39, 0.29) is 17.5 Å². The zero-order valence-corrected chi connectivity index (χ0v) is 11.0. The molecule has 1 aliphatic rings. The van der Waals surface area contributed by atoms with Crippen LogP contribution < -0.4 is 10.6 Å². The average molecular weight is 278 g/mol. The van der Waals surface area contributed by atoms with Crippen LogP contribution in [0.15, 0.2) is 24.3 Å². The van der Waals surface area contributed by atoms with Gasteiger partial charge in [-0.25, -0.2) is 4.79 Å². The molecule has 0 aliphatic carbocycles. The molecule has 1 fully saturated rings. The molecule has 20 heavy (non-hydrogen) atoms. The smallest absolute Gasteiger partial charge is 0.335 e. The zero-order chi connectivity index (χ0) is 14.5. The van der Waals surface area contributed by atoms with Crippen LogP contribution >= 0.6 is 0 Å². The van der Waals surface area contributed by atoms with E-state index in [0.29, 0.717) is 25.9 Å². The van der Waals surface area contributed by atoms with Crippen LogP contribution in [-0.2, 0) is 11.2 Å². The predicted octanol–water partition coefficient (Wildman–Crippen LogP) is -0.234. The molecule has 6 nitrogen and oxygen atoms in total. The molecule has 1 aliphatic heterocycles. The molecule has 0 spiro atoms. The zero-order valence-electron chi connectivity index (χ0n) is 11.0. The van der Waals surface area contributed by atoms with Gasteiger partial charge in [-0.3, -0.25) is 4.79 Å². The van der Waals surface area contributed by atoms with E-state index in [1.54, 1.807) is 12.1 Å². The summed E-state index contributed by atoms with van der Waals surface area (Å²) in [5, 5.41) is 23.9. The van der Waals surface area contributed by atoms with Crippen LogP contribution in [0.5, 0.6) is 0 Å². The maximum Gasteiger partial charge on any atom is 0.335 e. The molecule has 6 heteroatoms. The minimum absolute atomic E-state index is 0.129. The molecule has 0 bridgehead atoms. The summed E-state index contributed by atoms with van der Waals surface area (Å²) < 4.78 is 0. The van der Waals surface area contributed by atoms with Crippen molar-refractivity contribution < 1.29 is 19.8 Å². The second-order valence-electron chi connectivity index (χ2n) is 4.90. The van der Waals surface area contributed by atoms with E-state index in [1.165, 1.54) is 6.07 Å². The number of carboxylic acids is 1. The number of aliphatic hydroxyl groups is 1. The Morgan fingerprint density at radius 1 is 1.40 bits per heavy atom. The number of hydrogen-bond acceptors (Lipinski definition) is 4. The van der Waals surface area contributed by atoms with E-state index in [4.69, 9.17) is 5.11 Å². The maximum atomic E-state index is 11.8. The Bertz CT molecular complexity index is 504. The van der Waals surface area contributed by atoms with Crippen LogP contribution in [0.3, 0.4) is 0 Å². The number of aliphatic hydroxyl groups excluding tert-OH is 1. The summed E-state index contributed by atoms with van der Waals surface area (Å²) in [5.41, 5.74) is 1.11. The minimum Gasteiger partial charge on any atom is -0.478 e. The number of carbonyl (C=O) groups is 2. The summed E-state index contributed by atoms with van der Waals surface area (Å²) in [7, 11) is 0. The van der Waals surface area contributed by atoms with E-state index < -0.39 is 12.1 Å². The maximum absolute atomic E-state index is 11.8. The first kappa shape index (κ1) is 14.5. The van der Waals surface area contributed by atoms with Crippen molar-refractivity contribution in [3.63, 3.8) is 0 Å². The van der Waals surface area contributed by atoms with Gasteiger partial charge in [0.25, 0.3) is 0 Å². The van der Waals surface area contributed by atoms with Crippen molar-refractivity contribution >= 4 is 11.9 Å². The lowest BCUT2D eigenvalue weighted by atomic mass is 10.1. The monoisotopic (exact) mass is 278 g/mol. The van der Waals surface area contributed by atoms with Gasteiger partial charge in [-0.1, -0.05) is 12.1 Å². The van der Waals surface area contributed by atoms with Gasteiger partial charge in [0.05, 0.1) is 17.7 Å². The summed E-state index contributed by atoms with van der Waals surface area (Å²) in [4.78, 5) is 22.6. The molecule has 0 radical (unpaired) electrons. The number of β-amino-alcohol motifs (C(OH)–C–C–N with tert-alkyl or cyclic N) is 1. The Labute approximate surface area is 116 Å². The first-order valence-corrected chi connectivity index (χ1v) is 6.57. The van der Waals surface area contributed by atoms with Crippen LogP contribution in [0.2, 0.25) is 0 Å². The fourth-order valence-electron chi connectivity index (χ4n) is 2.23. The molecule has 0 aromatic heterocycles. The molecule has 2 rings (SSSR count). The normalized spacial score (nSPS) is 21.6. The molecule has 4 N–H and O–H groups in total. The van der Waals surface area contributed by atoms with Gasteiger partial charge in [-0.05, 0) is 30.5 Å². The number of amides is 1.